The van der Waals surface area contributed by atoms with Gasteiger partial charge in [-0.15, -0.1) is 6.58 Å². The molecule has 0 fully saturated rings. The molecule has 0 aromatic carbocycles. The number of ether oxygens (including phenoxy) is 1. The molecular formula is C17H25NO3. The minimum absolute atomic E-state index is 0.137. The second-order valence-corrected chi connectivity index (χ2v) is 5.63. The number of pyridine rings is 1. The maximum absolute atomic E-state index is 12.4. The first-order chi connectivity index (χ1) is 9.90. The fourth-order valence-electron chi connectivity index (χ4n) is 2.34. The van der Waals surface area contributed by atoms with E-state index in [9.17, 15) is 9.59 Å². The minimum Gasteiger partial charge on any atom is -0.464 e. The zero-order valence-corrected chi connectivity index (χ0v) is 13.4. The van der Waals surface area contributed by atoms with Gasteiger partial charge in [-0.05, 0) is 44.2 Å². The smallest absolute Gasteiger partial charge is 0.329 e. The highest BCUT2D eigenvalue weighted by Gasteiger charge is 2.24. The zero-order valence-electron chi connectivity index (χ0n) is 13.4. The van der Waals surface area contributed by atoms with Crippen molar-refractivity contribution < 1.29 is 9.53 Å². The summed E-state index contributed by atoms with van der Waals surface area (Å²) < 4.78 is 6.66. The molecule has 0 amide bonds. The summed E-state index contributed by atoms with van der Waals surface area (Å²) >= 11 is 0. The van der Waals surface area contributed by atoms with Crippen molar-refractivity contribution in [3.63, 3.8) is 0 Å². The van der Waals surface area contributed by atoms with Crippen LogP contribution in [-0.2, 0) is 16.0 Å². The van der Waals surface area contributed by atoms with E-state index >= 15 is 0 Å². The van der Waals surface area contributed by atoms with Gasteiger partial charge in [-0.25, -0.2) is 4.79 Å². The van der Waals surface area contributed by atoms with Crippen molar-refractivity contribution in [1.29, 1.82) is 0 Å². The summed E-state index contributed by atoms with van der Waals surface area (Å²) in [7, 11) is 0. The van der Waals surface area contributed by atoms with Gasteiger partial charge in [0.1, 0.15) is 6.04 Å². The summed E-state index contributed by atoms with van der Waals surface area (Å²) in [5.41, 5.74) is 1.47. The van der Waals surface area contributed by atoms with Gasteiger partial charge in [0.2, 0.25) is 0 Å². The number of aryl methyl sites for hydroxylation is 1. The van der Waals surface area contributed by atoms with Crippen LogP contribution in [0.4, 0.5) is 0 Å². The van der Waals surface area contributed by atoms with Crippen molar-refractivity contribution in [2.45, 2.75) is 46.6 Å². The Bertz CT molecular complexity index is 558. The maximum Gasteiger partial charge on any atom is 0.329 e. The van der Waals surface area contributed by atoms with Crippen LogP contribution in [0, 0.1) is 12.8 Å². The van der Waals surface area contributed by atoms with E-state index in [0.717, 1.165) is 5.56 Å². The normalized spacial score (nSPS) is 12.2. The zero-order chi connectivity index (χ0) is 16.0. The Hall–Kier alpha value is -1.84. The molecule has 4 heteroatoms. The molecule has 0 aliphatic carbocycles. The van der Waals surface area contributed by atoms with E-state index in [1.807, 2.05) is 19.9 Å². The SMILES string of the molecule is C=CCc1cc(C)c(=O)n(C(CC(C)C)C(=O)OCC)c1. The molecular weight excluding hydrogens is 266 g/mol. The van der Waals surface area contributed by atoms with Gasteiger partial charge in [-0.3, -0.25) is 4.79 Å². The van der Waals surface area contributed by atoms with Crippen molar-refractivity contribution in [3.05, 3.63) is 46.4 Å². The third kappa shape index (κ3) is 4.59. The van der Waals surface area contributed by atoms with Crippen LogP contribution in [0.1, 0.15) is 44.4 Å². The fourth-order valence-corrected chi connectivity index (χ4v) is 2.34. The fraction of sp³-hybridized carbons (Fsp3) is 0.529. The largest absolute Gasteiger partial charge is 0.464 e. The number of hydrogen-bond acceptors (Lipinski definition) is 3. The number of rotatable bonds is 7. The van der Waals surface area contributed by atoms with Crippen molar-refractivity contribution in [2.75, 3.05) is 6.61 Å². The first kappa shape index (κ1) is 17.2. The highest BCUT2D eigenvalue weighted by molar-refractivity contribution is 5.74. The molecule has 1 rings (SSSR count). The van der Waals surface area contributed by atoms with E-state index in [1.54, 1.807) is 26.1 Å². The lowest BCUT2D eigenvalue weighted by molar-refractivity contribution is -0.147. The van der Waals surface area contributed by atoms with E-state index in [0.29, 0.717) is 25.0 Å². The van der Waals surface area contributed by atoms with E-state index in [2.05, 4.69) is 6.58 Å². The number of carbonyl (C=O) groups excluding carboxylic acids is 1. The molecule has 0 N–H and O–H groups in total. The Labute approximate surface area is 126 Å². The summed E-state index contributed by atoms with van der Waals surface area (Å²) in [4.78, 5) is 24.6. The molecule has 4 nitrogen and oxygen atoms in total. The quantitative estimate of drug-likeness (QED) is 0.573. The van der Waals surface area contributed by atoms with Gasteiger partial charge in [0, 0.05) is 11.8 Å². The highest BCUT2D eigenvalue weighted by atomic mass is 16.5. The molecule has 0 saturated carbocycles. The van der Waals surface area contributed by atoms with Gasteiger partial charge < -0.3 is 9.30 Å². The standard InChI is InChI=1S/C17H25NO3/c1-6-8-14-10-13(5)16(19)18(11-14)15(9-12(3)4)17(20)21-7-2/h6,10-12,15H,1,7-9H2,2-5H3. The summed E-state index contributed by atoms with van der Waals surface area (Å²) in [5, 5.41) is 0. The molecule has 0 aliphatic rings. The maximum atomic E-state index is 12.4. The van der Waals surface area contributed by atoms with Gasteiger partial charge in [-0.1, -0.05) is 19.9 Å². The number of carbonyl (C=O) groups is 1. The van der Waals surface area contributed by atoms with Gasteiger partial charge in [0.25, 0.3) is 5.56 Å². The van der Waals surface area contributed by atoms with Crippen LogP contribution in [0.5, 0.6) is 0 Å². The molecule has 0 aliphatic heterocycles. The number of aromatic nitrogens is 1. The highest BCUT2D eigenvalue weighted by Crippen LogP contribution is 2.19. The predicted molar refractivity (Wildman–Crippen MR) is 84.5 cm³/mol. The van der Waals surface area contributed by atoms with Crippen LogP contribution in [0.2, 0.25) is 0 Å². The number of esters is 1. The monoisotopic (exact) mass is 291 g/mol. The molecule has 0 bridgehead atoms. The lowest BCUT2D eigenvalue weighted by atomic mass is 10.0. The Morgan fingerprint density at radius 3 is 2.67 bits per heavy atom. The van der Waals surface area contributed by atoms with Crippen LogP contribution in [-0.4, -0.2) is 17.1 Å². The second kappa shape index (κ2) is 7.81. The lowest BCUT2D eigenvalue weighted by Crippen LogP contribution is -2.33. The van der Waals surface area contributed by atoms with Crippen LogP contribution >= 0.6 is 0 Å². The molecule has 1 aromatic heterocycles. The molecule has 0 saturated heterocycles. The van der Waals surface area contributed by atoms with Gasteiger partial charge >= 0.3 is 5.97 Å². The van der Waals surface area contributed by atoms with Crippen LogP contribution < -0.4 is 5.56 Å². The van der Waals surface area contributed by atoms with Gasteiger partial charge in [0.15, 0.2) is 0 Å². The van der Waals surface area contributed by atoms with E-state index in [-0.39, 0.29) is 17.4 Å². The molecule has 0 radical (unpaired) electrons. The average Bonchev–Trinajstić information content (AvgIpc) is 2.40. The molecule has 1 atom stereocenters. The number of hydrogen-bond donors (Lipinski definition) is 0. The Morgan fingerprint density at radius 2 is 2.14 bits per heavy atom. The summed E-state index contributed by atoms with van der Waals surface area (Å²) in [5.74, 6) is -0.0573. The molecule has 1 unspecified atom stereocenters. The second-order valence-electron chi connectivity index (χ2n) is 5.63. The average molecular weight is 291 g/mol. The summed E-state index contributed by atoms with van der Waals surface area (Å²) in [6, 6.07) is 1.28. The Kier molecular flexibility index (Phi) is 6.40. The Morgan fingerprint density at radius 1 is 1.48 bits per heavy atom. The van der Waals surface area contributed by atoms with Crippen molar-refractivity contribution in [1.82, 2.24) is 4.57 Å². The summed E-state index contributed by atoms with van der Waals surface area (Å²) in [6.07, 6.45) is 4.78. The molecule has 21 heavy (non-hydrogen) atoms. The van der Waals surface area contributed by atoms with Crippen LogP contribution in [0.15, 0.2) is 29.7 Å². The Balaban J connectivity index is 3.31. The van der Waals surface area contributed by atoms with E-state index < -0.39 is 6.04 Å². The molecule has 116 valence electrons. The van der Waals surface area contributed by atoms with Crippen molar-refractivity contribution >= 4 is 5.97 Å². The van der Waals surface area contributed by atoms with E-state index in [1.165, 1.54) is 4.57 Å². The van der Waals surface area contributed by atoms with Crippen molar-refractivity contribution in [3.8, 4) is 0 Å². The minimum atomic E-state index is -0.569. The first-order valence-electron chi connectivity index (χ1n) is 7.39. The molecule has 1 heterocycles. The topological polar surface area (TPSA) is 48.3 Å². The third-order valence-corrected chi connectivity index (χ3v) is 3.25. The first-order valence-corrected chi connectivity index (χ1v) is 7.39. The predicted octanol–water partition coefficient (Wildman–Crippen LogP) is 3.04. The van der Waals surface area contributed by atoms with Crippen LogP contribution in [0.25, 0.3) is 0 Å². The third-order valence-electron chi connectivity index (χ3n) is 3.25. The molecule has 1 aromatic rings. The van der Waals surface area contributed by atoms with Gasteiger partial charge in [0.05, 0.1) is 6.61 Å². The van der Waals surface area contributed by atoms with Crippen LogP contribution in [0.3, 0.4) is 0 Å². The number of nitrogens with zero attached hydrogens (tertiary/aromatic N) is 1. The number of allylic oxidation sites excluding steroid dienone is 1. The summed E-state index contributed by atoms with van der Waals surface area (Å²) in [6.45, 7) is 11.6. The van der Waals surface area contributed by atoms with Gasteiger partial charge in [-0.2, -0.15) is 0 Å². The molecule has 0 spiro atoms. The van der Waals surface area contributed by atoms with Crippen molar-refractivity contribution in [2.24, 2.45) is 5.92 Å². The lowest BCUT2D eigenvalue weighted by Gasteiger charge is -2.21. The van der Waals surface area contributed by atoms with E-state index in [4.69, 9.17) is 4.74 Å².